The Morgan fingerprint density at radius 1 is 1.45 bits per heavy atom. The third-order valence-corrected chi connectivity index (χ3v) is 5.97. The van der Waals surface area contributed by atoms with Crippen LogP contribution in [0.3, 0.4) is 0 Å². The molecule has 5 heteroatoms. The smallest absolute Gasteiger partial charge is 0.223 e. The Kier molecular flexibility index (Phi) is 4.29. The highest BCUT2D eigenvalue weighted by Gasteiger charge is 2.57. The van der Waals surface area contributed by atoms with Gasteiger partial charge < -0.3 is 10.6 Å². The maximum absolute atomic E-state index is 12.3. The molecule has 1 aliphatic carbocycles. The van der Waals surface area contributed by atoms with Gasteiger partial charge in [0.25, 0.3) is 0 Å². The summed E-state index contributed by atoms with van der Waals surface area (Å²) in [5.74, 6) is 0.519. The van der Waals surface area contributed by atoms with Crippen LogP contribution in [0.5, 0.6) is 0 Å². The first kappa shape index (κ1) is 15.9. The molecule has 2 aliphatic rings. The minimum atomic E-state index is 0.105. The van der Waals surface area contributed by atoms with E-state index in [-0.39, 0.29) is 17.2 Å². The van der Waals surface area contributed by atoms with Crippen LogP contribution in [0.2, 0.25) is 0 Å². The van der Waals surface area contributed by atoms with Crippen molar-refractivity contribution in [3.63, 3.8) is 0 Å². The quantitative estimate of drug-likeness (QED) is 0.896. The molecule has 3 rings (SSSR count). The number of nitrogens with zero attached hydrogens (tertiary/aromatic N) is 1. The maximum atomic E-state index is 12.3. The predicted octanol–water partition coefficient (Wildman–Crippen LogP) is 2.49. The lowest BCUT2D eigenvalue weighted by Gasteiger charge is -2.23. The second kappa shape index (κ2) is 5.93. The minimum absolute atomic E-state index is 0.105. The fraction of sp³-hybridized carbons (Fsp3) is 0.765. The first-order valence-electron chi connectivity index (χ1n) is 8.34. The van der Waals surface area contributed by atoms with Crippen LogP contribution in [0.4, 0.5) is 0 Å². The van der Waals surface area contributed by atoms with Crippen LogP contribution in [0, 0.1) is 11.3 Å². The molecule has 1 aliphatic heterocycles. The molecule has 2 heterocycles. The summed E-state index contributed by atoms with van der Waals surface area (Å²) in [5.41, 5.74) is 1.58. The number of carbonyl (C=O) groups is 1. The number of thiazole rings is 1. The minimum Gasteiger partial charge on any atom is -0.355 e. The van der Waals surface area contributed by atoms with Gasteiger partial charge >= 0.3 is 0 Å². The van der Waals surface area contributed by atoms with Gasteiger partial charge in [-0.05, 0) is 37.8 Å². The number of hydrogen-bond acceptors (Lipinski definition) is 4. The van der Waals surface area contributed by atoms with Crippen LogP contribution in [0.15, 0.2) is 5.38 Å². The van der Waals surface area contributed by atoms with E-state index in [0.29, 0.717) is 12.0 Å². The summed E-state index contributed by atoms with van der Waals surface area (Å²) in [6, 6.07) is 0. The highest BCUT2D eigenvalue weighted by molar-refractivity contribution is 7.09. The molecule has 0 radical (unpaired) electrons. The van der Waals surface area contributed by atoms with Gasteiger partial charge in [0.15, 0.2) is 0 Å². The van der Waals surface area contributed by atoms with Gasteiger partial charge in [-0.25, -0.2) is 4.98 Å². The summed E-state index contributed by atoms with van der Waals surface area (Å²) in [4.78, 5) is 17.0. The van der Waals surface area contributed by atoms with E-state index < -0.39 is 0 Å². The van der Waals surface area contributed by atoms with Crippen molar-refractivity contribution in [3.8, 4) is 0 Å². The Hall–Kier alpha value is -0.940. The Balaban J connectivity index is 1.44. The van der Waals surface area contributed by atoms with Gasteiger partial charge in [-0.3, -0.25) is 4.79 Å². The highest BCUT2D eigenvalue weighted by atomic mass is 32.1. The molecule has 1 aromatic rings. The van der Waals surface area contributed by atoms with Gasteiger partial charge in [-0.15, -0.1) is 11.3 Å². The molecular weight excluding hydrogens is 294 g/mol. The molecule has 1 spiro atoms. The average Bonchev–Trinajstić information content (AvgIpc) is 2.94. The summed E-state index contributed by atoms with van der Waals surface area (Å²) in [5, 5.41) is 9.76. The molecule has 2 fully saturated rings. The lowest BCUT2D eigenvalue weighted by molar-refractivity contribution is -0.123. The van der Waals surface area contributed by atoms with Crippen molar-refractivity contribution in [2.75, 3.05) is 19.6 Å². The maximum Gasteiger partial charge on any atom is 0.223 e. The molecule has 2 N–H and O–H groups in total. The number of aromatic nitrogens is 1. The van der Waals surface area contributed by atoms with Gasteiger partial charge in [0.1, 0.15) is 0 Å². The molecule has 1 amide bonds. The lowest BCUT2D eigenvalue weighted by Crippen LogP contribution is -2.34. The largest absolute Gasteiger partial charge is 0.355 e. The Morgan fingerprint density at radius 2 is 2.18 bits per heavy atom. The summed E-state index contributed by atoms with van der Waals surface area (Å²) < 4.78 is 0. The van der Waals surface area contributed by atoms with Crippen molar-refractivity contribution in [2.24, 2.45) is 11.3 Å². The van der Waals surface area contributed by atoms with Gasteiger partial charge in [0, 0.05) is 29.7 Å². The third-order valence-electron chi connectivity index (χ3n) is 5.06. The van der Waals surface area contributed by atoms with Gasteiger partial charge in [0.2, 0.25) is 5.91 Å². The highest BCUT2D eigenvalue weighted by Crippen LogP contribution is 2.58. The second-order valence-corrected chi connectivity index (χ2v) is 8.73. The van der Waals surface area contributed by atoms with Gasteiger partial charge in [-0.2, -0.15) is 0 Å². The van der Waals surface area contributed by atoms with Crippen LogP contribution in [-0.2, 0) is 16.6 Å². The zero-order valence-corrected chi connectivity index (χ0v) is 14.7. The topological polar surface area (TPSA) is 54.0 Å². The fourth-order valence-electron chi connectivity index (χ4n) is 3.38. The molecule has 1 saturated heterocycles. The van der Waals surface area contributed by atoms with Crippen molar-refractivity contribution in [2.45, 2.75) is 51.9 Å². The summed E-state index contributed by atoms with van der Waals surface area (Å²) in [7, 11) is 0. The number of hydrogen-bond donors (Lipinski definition) is 2. The Labute approximate surface area is 137 Å². The first-order chi connectivity index (χ1) is 10.4. The van der Waals surface area contributed by atoms with E-state index in [9.17, 15) is 4.79 Å². The number of rotatable bonds is 4. The van der Waals surface area contributed by atoms with E-state index in [4.69, 9.17) is 0 Å². The Morgan fingerprint density at radius 3 is 2.82 bits per heavy atom. The first-order valence-corrected chi connectivity index (χ1v) is 9.22. The molecule has 1 unspecified atom stereocenters. The van der Waals surface area contributed by atoms with Crippen LogP contribution in [-0.4, -0.2) is 30.5 Å². The average molecular weight is 321 g/mol. The van der Waals surface area contributed by atoms with E-state index in [1.807, 2.05) is 0 Å². The number of nitrogens with one attached hydrogen (secondary N) is 2. The van der Waals surface area contributed by atoms with Gasteiger partial charge in [0.05, 0.1) is 10.7 Å². The number of carbonyl (C=O) groups excluding carboxylic acids is 1. The second-order valence-electron chi connectivity index (χ2n) is 7.79. The van der Waals surface area contributed by atoms with Gasteiger partial charge in [-0.1, -0.05) is 20.8 Å². The van der Waals surface area contributed by atoms with Crippen LogP contribution in [0.1, 0.15) is 50.7 Å². The van der Waals surface area contributed by atoms with E-state index in [2.05, 4.69) is 41.8 Å². The summed E-state index contributed by atoms with van der Waals surface area (Å²) >= 11 is 1.70. The summed E-state index contributed by atoms with van der Waals surface area (Å²) in [6.45, 7) is 9.38. The van der Waals surface area contributed by atoms with E-state index in [1.54, 1.807) is 11.3 Å². The van der Waals surface area contributed by atoms with E-state index in [0.717, 1.165) is 49.5 Å². The van der Waals surface area contributed by atoms with E-state index in [1.165, 1.54) is 0 Å². The Bertz CT molecular complexity index is 540. The predicted molar refractivity (Wildman–Crippen MR) is 90.2 cm³/mol. The normalized spacial score (nSPS) is 23.5. The molecule has 1 aromatic heterocycles. The molecule has 1 atom stereocenters. The third kappa shape index (κ3) is 3.35. The van der Waals surface area contributed by atoms with Crippen LogP contribution >= 0.6 is 11.3 Å². The SMILES string of the molecule is CC(C)(C)c1csc(CCNC(=O)C2CC23CCNCC3)n1. The van der Waals surface area contributed by atoms with Crippen molar-refractivity contribution >= 4 is 17.2 Å². The monoisotopic (exact) mass is 321 g/mol. The number of amides is 1. The van der Waals surface area contributed by atoms with Crippen molar-refractivity contribution in [1.29, 1.82) is 0 Å². The fourth-order valence-corrected chi connectivity index (χ4v) is 4.41. The molecular formula is C17H27N3OS. The number of piperidine rings is 1. The van der Waals surface area contributed by atoms with E-state index >= 15 is 0 Å². The van der Waals surface area contributed by atoms with Crippen LogP contribution < -0.4 is 10.6 Å². The van der Waals surface area contributed by atoms with Crippen molar-refractivity contribution < 1.29 is 4.79 Å². The summed E-state index contributed by atoms with van der Waals surface area (Å²) in [6.07, 6.45) is 4.25. The zero-order chi connectivity index (χ0) is 15.8. The molecule has 22 heavy (non-hydrogen) atoms. The molecule has 122 valence electrons. The van der Waals surface area contributed by atoms with Crippen LogP contribution in [0.25, 0.3) is 0 Å². The van der Waals surface area contributed by atoms with Crippen molar-refractivity contribution in [1.82, 2.24) is 15.6 Å². The standard InChI is InChI=1S/C17H27N3OS/c1-16(2,3)13-11-22-14(20-13)4-7-19-15(21)12-10-17(12)5-8-18-9-6-17/h11-12,18H,4-10H2,1-3H3,(H,19,21). The lowest BCUT2D eigenvalue weighted by atomic mass is 9.92. The van der Waals surface area contributed by atoms with Crippen molar-refractivity contribution in [3.05, 3.63) is 16.1 Å². The molecule has 1 saturated carbocycles. The molecule has 4 nitrogen and oxygen atoms in total. The molecule has 0 bridgehead atoms. The zero-order valence-electron chi connectivity index (χ0n) is 13.9. The molecule has 0 aromatic carbocycles.